The van der Waals surface area contributed by atoms with Crippen molar-refractivity contribution in [2.45, 2.75) is 61.7 Å². The molecule has 0 amide bonds. The number of halogens is 3. The van der Waals surface area contributed by atoms with Crippen LogP contribution in [0, 0.1) is 0 Å². The highest BCUT2D eigenvalue weighted by Gasteiger charge is 2.55. The molecule has 12 nitrogen and oxygen atoms in total. The lowest BCUT2D eigenvalue weighted by atomic mass is 9.71. The van der Waals surface area contributed by atoms with Crippen molar-refractivity contribution in [2.75, 3.05) is 13.7 Å². The average molecular weight is 598 g/mol. The van der Waals surface area contributed by atoms with Crippen LogP contribution in [0.3, 0.4) is 0 Å². The van der Waals surface area contributed by atoms with Gasteiger partial charge >= 0.3 is 6.18 Å². The van der Waals surface area contributed by atoms with E-state index in [9.17, 15) is 58.2 Å². The number of carbonyl (C=O) groups is 3. The number of benzene rings is 2. The van der Waals surface area contributed by atoms with Gasteiger partial charge in [0.25, 0.3) is 0 Å². The first-order chi connectivity index (χ1) is 19.6. The summed E-state index contributed by atoms with van der Waals surface area (Å²) in [6, 6.07) is 4.13. The van der Waals surface area contributed by atoms with Gasteiger partial charge in [0.2, 0.25) is 5.78 Å². The molecule has 6 atom stereocenters. The van der Waals surface area contributed by atoms with E-state index in [2.05, 4.69) is 0 Å². The zero-order valence-corrected chi connectivity index (χ0v) is 21.7. The summed E-state index contributed by atoms with van der Waals surface area (Å²) >= 11 is 0. The van der Waals surface area contributed by atoms with E-state index in [0.29, 0.717) is 0 Å². The van der Waals surface area contributed by atoms with Gasteiger partial charge in [-0.25, -0.2) is 0 Å². The summed E-state index contributed by atoms with van der Waals surface area (Å²) in [5.74, 6) is -4.68. The number of aliphatic hydroxyl groups is 4. The van der Waals surface area contributed by atoms with Crippen LogP contribution in [0.1, 0.15) is 49.4 Å². The van der Waals surface area contributed by atoms with Crippen LogP contribution < -0.4 is 4.74 Å². The Morgan fingerprint density at radius 2 is 1.71 bits per heavy atom. The summed E-state index contributed by atoms with van der Waals surface area (Å²) in [5, 5.41) is 63.2. The number of ketones is 3. The van der Waals surface area contributed by atoms with Crippen LogP contribution in [-0.4, -0.2) is 104 Å². The van der Waals surface area contributed by atoms with Crippen molar-refractivity contribution >= 4 is 17.3 Å². The highest BCUT2D eigenvalue weighted by molar-refractivity contribution is 6.31. The van der Waals surface area contributed by atoms with E-state index in [1.807, 2.05) is 0 Å². The molecule has 4 unspecified atom stereocenters. The third-order valence-corrected chi connectivity index (χ3v) is 7.90. The number of fused-ring (bicyclic) bond motifs is 3. The van der Waals surface area contributed by atoms with Gasteiger partial charge in [-0.3, -0.25) is 14.4 Å². The SMILES string of the molecule is COc1cccc2c1C(=O)c1c(O)c3c(c(O)c1C2=O)C[C@@](O)(C(=O)CO)[C@H](OC1CC(O)C(O)C(C(F)(F)F)O1)C3. The van der Waals surface area contributed by atoms with E-state index in [4.69, 9.17) is 14.2 Å². The smallest absolute Gasteiger partial charge is 0.417 e. The Bertz CT molecular complexity index is 1490. The van der Waals surface area contributed by atoms with Crippen molar-refractivity contribution in [3.05, 3.63) is 51.6 Å². The maximum atomic E-state index is 13.5. The quantitative estimate of drug-likeness (QED) is 0.216. The topological polar surface area (TPSA) is 200 Å². The maximum absolute atomic E-state index is 13.5. The average Bonchev–Trinajstić information content (AvgIpc) is 2.94. The predicted octanol–water partition coefficient (Wildman–Crippen LogP) is 0.0572. The molecule has 5 rings (SSSR count). The number of phenolic OH excluding ortho intramolecular Hbond substituents is 2. The first-order valence-electron chi connectivity index (χ1n) is 12.6. The minimum Gasteiger partial charge on any atom is -0.507 e. The molecule has 0 radical (unpaired) electrons. The minimum atomic E-state index is -5.13. The molecule has 1 saturated heterocycles. The summed E-state index contributed by atoms with van der Waals surface area (Å²) in [5.41, 5.74) is -4.88. The van der Waals surface area contributed by atoms with Gasteiger partial charge < -0.3 is 44.8 Å². The number of methoxy groups -OCH3 is 1. The van der Waals surface area contributed by atoms with E-state index in [1.54, 1.807) is 0 Å². The van der Waals surface area contributed by atoms with Crippen LogP contribution in [0.5, 0.6) is 17.2 Å². The fourth-order valence-electron chi connectivity index (χ4n) is 5.75. The van der Waals surface area contributed by atoms with E-state index in [-0.39, 0.29) is 28.0 Å². The molecule has 1 fully saturated rings. The highest BCUT2D eigenvalue weighted by Crippen LogP contribution is 2.49. The molecule has 226 valence electrons. The maximum Gasteiger partial charge on any atom is 0.417 e. The number of carbonyl (C=O) groups excluding carboxylic acids is 3. The van der Waals surface area contributed by atoms with Crippen molar-refractivity contribution in [1.29, 1.82) is 0 Å². The number of alkyl halides is 3. The van der Waals surface area contributed by atoms with Crippen molar-refractivity contribution in [3.63, 3.8) is 0 Å². The Kier molecular flexibility index (Phi) is 7.32. The number of phenols is 2. The molecule has 1 heterocycles. The molecule has 0 bridgehead atoms. The zero-order chi connectivity index (χ0) is 30.9. The standard InChI is InChI=1S/C27H25F3O12/c1-40-13-4-2-3-9-17(13)24(38)19-18(20(9)34)22(36)11-7-26(39,14(33)8-31)15(5-10(11)21(19)35)41-16-6-12(32)23(37)25(42-16)27(28,29)30/h2-4,12,15-16,23,25,31-32,35-37,39H,5-8H2,1H3/t12?,15-,16?,23?,25?,26-/m1/s1. The Hall–Kier alpha value is -3.60. The van der Waals surface area contributed by atoms with Crippen LogP contribution in [0.25, 0.3) is 0 Å². The summed E-state index contributed by atoms with van der Waals surface area (Å²) in [4.78, 5) is 39.7. The molecule has 2 aromatic carbocycles. The molecule has 0 aromatic heterocycles. The monoisotopic (exact) mass is 598 g/mol. The molecule has 2 aromatic rings. The third-order valence-electron chi connectivity index (χ3n) is 7.90. The predicted molar refractivity (Wildman–Crippen MR) is 130 cm³/mol. The van der Waals surface area contributed by atoms with Crippen LogP contribution in [0.2, 0.25) is 0 Å². The fraction of sp³-hybridized carbons (Fsp3) is 0.444. The van der Waals surface area contributed by atoms with Gasteiger partial charge in [-0.1, -0.05) is 12.1 Å². The summed E-state index contributed by atoms with van der Waals surface area (Å²) in [7, 11) is 1.25. The molecule has 1 aliphatic heterocycles. The van der Waals surface area contributed by atoms with Crippen molar-refractivity contribution < 1.29 is 72.4 Å². The van der Waals surface area contributed by atoms with Crippen LogP contribution in [0.4, 0.5) is 13.2 Å². The van der Waals surface area contributed by atoms with Gasteiger partial charge in [-0.15, -0.1) is 0 Å². The number of hydrogen-bond acceptors (Lipinski definition) is 12. The second kappa shape index (κ2) is 10.3. The zero-order valence-electron chi connectivity index (χ0n) is 21.7. The Labute approximate surface area is 234 Å². The Balaban J connectivity index is 1.60. The fourth-order valence-corrected chi connectivity index (χ4v) is 5.75. The Morgan fingerprint density at radius 3 is 2.33 bits per heavy atom. The summed E-state index contributed by atoms with van der Waals surface area (Å²) < 4.78 is 55.7. The molecular formula is C27H25F3O12. The number of Topliss-reactive ketones (excluding diaryl/α,β-unsaturated/α-hetero) is 1. The van der Waals surface area contributed by atoms with E-state index in [0.717, 1.165) is 0 Å². The molecular weight excluding hydrogens is 573 g/mol. The molecule has 6 N–H and O–H groups in total. The number of rotatable bonds is 5. The second-order valence-electron chi connectivity index (χ2n) is 10.3. The largest absolute Gasteiger partial charge is 0.507 e. The molecule has 0 saturated carbocycles. The van der Waals surface area contributed by atoms with Crippen molar-refractivity contribution in [2.24, 2.45) is 0 Å². The van der Waals surface area contributed by atoms with Gasteiger partial charge in [-0.05, 0) is 6.07 Å². The first-order valence-corrected chi connectivity index (χ1v) is 12.6. The van der Waals surface area contributed by atoms with Crippen molar-refractivity contribution in [1.82, 2.24) is 0 Å². The molecule has 42 heavy (non-hydrogen) atoms. The van der Waals surface area contributed by atoms with Gasteiger partial charge in [0, 0.05) is 36.0 Å². The number of aromatic hydroxyl groups is 2. The third kappa shape index (κ3) is 4.44. The van der Waals surface area contributed by atoms with Crippen LogP contribution >= 0.6 is 0 Å². The van der Waals surface area contributed by atoms with Crippen LogP contribution in [0.15, 0.2) is 18.2 Å². The van der Waals surface area contributed by atoms with Gasteiger partial charge in [0.15, 0.2) is 29.6 Å². The van der Waals surface area contributed by atoms with E-state index < -0.39 is 108 Å². The number of ether oxygens (including phenoxy) is 3. The Morgan fingerprint density at radius 1 is 1.07 bits per heavy atom. The highest BCUT2D eigenvalue weighted by atomic mass is 19.4. The van der Waals surface area contributed by atoms with Gasteiger partial charge in [0.1, 0.15) is 36.1 Å². The molecule has 15 heteroatoms. The minimum absolute atomic E-state index is 0.00616. The first kappa shape index (κ1) is 29.9. The summed E-state index contributed by atoms with van der Waals surface area (Å²) in [6.45, 7) is -1.27. The van der Waals surface area contributed by atoms with E-state index in [1.165, 1.54) is 25.3 Å². The number of hydrogen-bond donors (Lipinski definition) is 6. The normalized spacial score (nSPS) is 29.0. The van der Waals surface area contributed by atoms with Crippen LogP contribution in [-0.2, 0) is 27.1 Å². The lowest BCUT2D eigenvalue weighted by Gasteiger charge is -2.44. The molecule has 3 aliphatic rings. The molecule has 2 aliphatic carbocycles. The lowest BCUT2D eigenvalue weighted by Crippen LogP contribution is -2.60. The lowest BCUT2D eigenvalue weighted by molar-refractivity contribution is -0.340. The van der Waals surface area contributed by atoms with Crippen molar-refractivity contribution in [3.8, 4) is 17.2 Å². The number of aliphatic hydroxyl groups excluding tert-OH is 3. The van der Waals surface area contributed by atoms with E-state index >= 15 is 0 Å². The van der Waals surface area contributed by atoms with Gasteiger partial charge in [-0.2, -0.15) is 13.2 Å². The van der Waals surface area contributed by atoms with Gasteiger partial charge in [0.05, 0.1) is 29.9 Å². The molecule has 0 spiro atoms. The second-order valence-corrected chi connectivity index (χ2v) is 10.3. The summed E-state index contributed by atoms with van der Waals surface area (Å²) in [6.07, 6.45) is -18.5.